The molecule has 0 fully saturated rings. The van der Waals surface area contributed by atoms with E-state index in [2.05, 4.69) is 10.1 Å². The van der Waals surface area contributed by atoms with E-state index >= 15 is 0 Å². The minimum atomic E-state index is -4.13. The number of halogens is 1. The normalized spacial score (nSPS) is 10.9. The molecule has 1 N–H and O–H groups in total. The summed E-state index contributed by atoms with van der Waals surface area (Å²) in [5.41, 5.74) is 0.971. The molecule has 3 aromatic rings. The van der Waals surface area contributed by atoms with Crippen LogP contribution in [0.15, 0.2) is 83.8 Å². The van der Waals surface area contributed by atoms with Gasteiger partial charge in [-0.1, -0.05) is 18.2 Å². The second-order valence-corrected chi connectivity index (χ2v) is 8.28. The summed E-state index contributed by atoms with van der Waals surface area (Å²) in [4.78, 5) is 24.0. The fourth-order valence-corrected chi connectivity index (χ4v) is 4.20. The van der Waals surface area contributed by atoms with Gasteiger partial charge in [-0.05, 0) is 60.7 Å². The Morgan fingerprint density at radius 1 is 0.935 bits per heavy atom. The highest BCUT2D eigenvalue weighted by Gasteiger charge is 2.27. The van der Waals surface area contributed by atoms with E-state index in [1.54, 1.807) is 30.3 Å². The fourth-order valence-electron chi connectivity index (χ4n) is 2.78. The number of hydrogen-bond donors (Lipinski definition) is 1. The van der Waals surface area contributed by atoms with Crippen molar-refractivity contribution in [1.82, 2.24) is 0 Å². The first-order chi connectivity index (χ1) is 14.8. The number of rotatable bonds is 7. The number of nitrogens with one attached hydrogen (secondary N) is 1. The van der Waals surface area contributed by atoms with Crippen LogP contribution in [0, 0.1) is 5.82 Å². The van der Waals surface area contributed by atoms with E-state index in [1.807, 2.05) is 0 Å². The first kappa shape index (κ1) is 22.0. The van der Waals surface area contributed by atoms with Crippen LogP contribution in [0.4, 0.5) is 15.8 Å². The lowest BCUT2D eigenvalue weighted by atomic mass is 10.2. The SMILES string of the molecule is COC(=O)c1ccc(NC(=O)CN(c2ccccc2)S(=O)(=O)c2ccc(F)cc2)cc1. The number of sulfonamides is 1. The van der Waals surface area contributed by atoms with Gasteiger partial charge in [-0.15, -0.1) is 0 Å². The monoisotopic (exact) mass is 442 g/mol. The third-order valence-corrected chi connectivity index (χ3v) is 6.11. The number of carbonyl (C=O) groups is 2. The molecule has 0 bridgehead atoms. The van der Waals surface area contributed by atoms with Crippen LogP contribution in [0.25, 0.3) is 0 Å². The van der Waals surface area contributed by atoms with Crippen molar-refractivity contribution in [3.8, 4) is 0 Å². The van der Waals surface area contributed by atoms with Gasteiger partial charge in [0, 0.05) is 5.69 Å². The number of benzene rings is 3. The molecule has 0 atom stereocenters. The average Bonchev–Trinajstić information content (AvgIpc) is 2.78. The molecule has 0 unspecified atom stereocenters. The van der Waals surface area contributed by atoms with E-state index in [-0.39, 0.29) is 10.6 Å². The third-order valence-electron chi connectivity index (χ3n) is 4.32. The van der Waals surface area contributed by atoms with E-state index in [0.29, 0.717) is 11.3 Å². The lowest BCUT2D eigenvalue weighted by molar-refractivity contribution is -0.114. The van der Waals surface area contributed by atoms with Crippen molar-refractivity contribution in [2.24, 2.45) is 0 Å². The molecule has 9 heteroatoms. The molecule has 3 rings (SSSR count). The van der Waals surface area contributed by atoms with Crippen molar-refractivity contribution in [2.75, 3.05) is 23.3 Å². The van der Waals surface area contributed by atoms with Crippen LogP contribution in [0.3, 0.4) is 0 Å². The molecule has 1 amide bonds. The Morgan fingerprint density at radius 2 is 1.55 bits per heavy atom. The largest absolute Gasteiger partial charge is 0.465 e. The Balaban J connectivity index is 1.84. The summed E-state index contributed by atoms with van der Waals surface area (Å²) in [6, 6.07) is 18.5. The zero-order valence-electron chi connectivity index (χ0n) is 16.5. The number of para-hydroxylation sites is 1. The maximum atomic E-state index is 13.3. The number of anilines is 2. The zero-order valence-corrected chi connectivity index (χ0v) is 17.3. The lowest BCUT2D eigenvalue weighted by Gasteiger charge is -2.24. The predicted molar refractivity (Wildman–Crippen MR) is 114 cm³/mol. The van der Waals surface area contributed by atoms with Crippen LogP contribution in [-0.2, 0) is 19.6 Å². The van der Waals surface area contributed by atoms with Gasteiger partial charge in [0.2, 0.25) is 5.91 Å². The van der Waals surface area contributed by atoms with Crippen molar-refractivity contribution in [1.29, 1.82) is 0 Å². The van der Waals surface area contributed by atoms with Gasteiger partial charge in [-0.25, -0.2) is 17.6 Å². The lowest BCUT2D eigenvalue weighted by Crippen LogP contribution is -2.38. The van der Waals surface area contributed by atoms with Crippen molar-refractivity contribution in [3.05, 3.63) is 90.2 Å². The van der Waals surface area contributed by atoms with Gasteiger partial charge in [0.25, 0.3) is 10.0 Å². The van der Waals surface area contributed by atoms with E-state index in [4.69, 9.17) is 0 Å². The van der Waals surface area contributed by atoms with Crippen LogP contribution >= 0.6 is 0 Å². The Hall–Kier alpha value is -3.72. The number of methoxy groups -OCH3 is 1. The molecule has 31 heavy (non-hydrogen) atoms. The summed E-state index contributed by atoms with van der Waals surface area (Å²) in [6.07, 6.45) is 0. The summed E-state index contributed by atoms with van der Waals surface area (Å²) in [5.74, 6) is -1.68. The summed E-state index contributed by atoms with van der Waals surface area (Å²) >= 11 is 0. The van der Waals surface area contributed by atoms with Gasteiger partial charge < -0.3 is 10.1 Å². The topological polar surface area (TPSA) is 92.8 Å². The minimum Gasteiger partial charge on any atom is -0.465 e. The van der Waals surface area contributed by atoms with Gasteiger partial charge in [0.15, 0.2) is 0 Å². The Morgan fingerprint density at radius 3 is 2.13 bits per heavy atom. The molecule has 0 aromatic heterocycles. The van der Waals surface area contributed by atoms with Crippen LogP contribution in [0.1, 0.15) is 10.4 Å². The quantitative estimate of drug-likeness (QED) is 0.566. The van der Waals surface area contributed by atoms with Crippen LogP contribution in [0.2, 0.25) is 0 Å². The van der Waals surface area contributed by atoms with Crippen LogP contribution in [-0.4, -0.2) is 33.9 Å². The molecule has 0 saturated carbocycles. The molecular formula is C22H19FN2O5S. The van der Waals surface area contributed by atoms with Gasteiger partial charge in [0.1, 0.15) is 12.4 Å². The maximum absolute atomic E-state index is 13.3. The highest BCUT2D eigenvalue weighted by molar-refractivity contribution is 7.92. The van der Waals surface area contributed by atoms with Crippen molar-refractivity contribution in [3.63, 3.8) is 0 Å². The minimum absolute atomic E-state index is 0.145. The molecule has 0 radical (unpaired) electrons. The van der Waals surface area contributed by atoms with Crippen molar-refractivity contribution >= 4 is 33.3 Å². The highest BCUT2D eigenvalue weighted by atomic mass is 32.2. The third kappa shape index (κ3) is 5.26. The van der Waals surface area contributed by atoms with Gasteiger partial charge in [-0.3, -0.25) is 9.10 Å². The first-order valence-corrected chi connectivity index (χ1v) is 10.6. The van der Waals surface area contributed by atoms with Crippen molar-refractivity contribution < 1.29 is 27.1 Å². The number of ether oxygens (including phenoxy) is 1. The standard InChI is InChI=1S/C22H19FN2O5S/c1-30-22(27)16-7-11-18(12-8-16)24-21(26)15-25(19-5-3-2-4-6-19)31(28,29)20-13-9-17(23)10-14-20/h2-14H,15H2,1H3,(H,24,26). The van der Waals surface area contributed by atoms with Crippen molar-refractivity contribution in [2.45, 2.75) is 4.90 Å². The Labute approximate surface area is 179 Å². The molecule has 0 spiro atoms. The number of nitrogens with zero attached hydrogens (tertiary/aromatic N) is 1. The number of hydrogen-bond acceptors (Lipinski definition) is 5. The highest BCUT2D eigenvalue weighted by Crippen LogP contribution is 2.24. The maximum Gasteiger partial charge on any atom is 0.337 e. The predicted octanol–water partition coefficient (Wildman–Crippen LogP) is 3.45. The molecule has 0 aliphatic rings. The Kier molecular flexibility index (Phi) is 6.66. The Bertz CT molecular complexity index is 1160. The molecule has 0 saturated heterocycles. The molecule has 7 nitrogen and oxygen atoms in total. The summed E-state index contributed by atoms with van der Waals surface area (Å²) in [7, 11) is -2.87. The van der Waals surface area contributed by atoms with E-state index in [9.17, 15) is 22.4 Å². The molecule has 160 valence electrons. The summed E-state index contributed by atoms with van der Waals surface area (Å²) < 4.78 is 45.1. The molecule has 3 aromatic carbocycles. The molecule has 0 aliphatic heterocycles. The number of amides is 1. The van der Waals surface area contributed by atoms with E-state index < -0.39 is 34.3 Å². The zero-order chi connectivity index (χ0) is 22.4. The second-order valence-electron chi connectivity index (χ2n) is 6.42. The summed E-state index contributed by atoms with van der Waals surface area (Å²) in [5, 5.41) is 2.60. The van der Waals surface area contributed by atoms with E-state index in [1.165, 1.54) is 31.4 Å². The molecule has 0 heterocycles. The smallest absolute Gasteiger partial charge is 0.337 e. The van der Waals surface area contributed by atoms with Gasteiger partial charge in [0.05, 0.1) is 23.3 Å². The number of carbonyl (C=O) groups excluding carboxylic acids is 2. The number of esters is 1. The van der Waals surface area contributed by atoms with Gasteiger partial charge in [-0.2, -0.15) is 0 Å². The average molecular weight is 442 g/mol. The first-order valence-electron chi connectivity index (χ1n) is 9.13. The fraction of sp³-hybridized carbons (Fsp3) is 0.0909. The molecule has 0 aliphatic carbocycles. The summed E-state index contributed by atoms with van der Waals surface area (Å²) in [6.45, 7) is -0.511. The van der Waals surface area contributed by atoms with Gasteiger partial charge >= 0.3 is 5.97 Å². The van der Waals surface area contributed by atoms with Crippen LogP contribution in [0.5, 0.6) is 0 Å². The van der Waals surface area contributed by atoms with Crippen LogP contribution < -0.4 is 9.62 Å². The second kappa shape index (κ2) is 9.40. The van der Waals surface area contributed by atoms with E-state index in [0.717, 1.165) is 28.6 Å². The molecular weight excluding hydrogens is 423 g/mol.